The number of carbonyl (C=O) groups is 1. The van der Waals surface area contributed by atoms with E-state index in [0.717, 1.165) is 6.26 Å². The zero-order valence-electron chi connectivity index (χ0n) is 7.93. The Morgan fingerprint density at radius 3 is 2.36 bits per heavy atom. The first kappa shape index (κ1) is 11.5. The van der Waals surface area contributed by atoms with Crippen molar-refractivity contribution < 1.29 is 23.4 Å². The third kappa shape index (κ3) is 1.90. The molecule has 5 nitrogen and oxygen atoms in total. The van der Waals surface area contributed by atoms with Crippen LogP contribution in [0.4, 0.5) is 0 Å². The van der Waals surface area contributed by atoms with Crippen LogP contribution in [0.15, 0.2) is 0 Å². The van der Waals surface area contributed by atoms with E-state index in [-0.39, 0.29) is 12.8 Å². The predicted octanol–water partition coefficient (Wildman–Crippen LogP) is -0.353. The number of carboxylic acids is 1. The lowest BCUT2D eigenvalue weighted by molar-refractivity contribution is -0.151. The average molecular weight is 222 g/mol. The molecule has 14 heavy (non-hydrogen) atoms. The summed E-state index contributed by atoms with van der Waals surface area (Å²) in [6.45, 7) is -0.492. The molecule has 0 heterocycles. The van der Waals surface area contributed by atoms with Crippen molar-refractivity contribution in [3.63, 3.8) is 0 Å². The largest absolute Gasteiger partial charge is 0.481 e. The Balaban J connectivity index is 2.87. The molecule has 0 radical (unpaired) electrons. The van der Waals surface area contributed by atoms with E-state index in [0.29, 0.717) is 6.42 Å². The number of sulfone groups is 1. The van der Waals surface area contributed by atoms with Gasteiger partial charge in [-0.3, -0.25) is 4.79 Å². The van der Waals surface area contributed by atoms with E-state index < -0.39 is 33.1 Å². The molecule has 1 saturated carbocycles. The molecule has 2 N–H and O–H groups in total. The second-order valence-corrected chi connectivity index (χ2v) is 6.26. The number of aliphatic carboxylic acids is 1. The number of hydrogen-bond acceptors (Lipinski definition) is 4. The van der Waals surface area contributed by atoms with Crippen LogP contribution in [-0.2, 0) is 14.6 Å². The lowest BCUT2D eigenvalue weighted by Gasteiger charge is -2.20. The molecule has 0 spiro atoms. The van der Waals surface area contributed by atoms with Gasteiger partial charge >= 0.3 is 5.97 Å². The molecule has 1 aliphatic rings. The monoisotopic (exact) mass is 222 g/mol. The van der Waals surface area contributed by atoms with Gasteiger partial charge < -0.3 is 10.2 Å². The first-order valence-corrected chi connectivity index (χ1v) is 6.30. The lowest BCUT2D eigenvalue weighted by atomic mass is 9.88. The molecule has 0 aromatic rings. The predicted molar refractivity (Wildman–Crippen MR) is 49.6 cm³/mol. The van der Waals surface area contributed by atoms with Gasteiger partial charge in [0.05, 0.1) is 17.3 Å². The third-order valence-corrected chi connectivity index (χ3v) is 4.54. The molecule has 1 rings (SSSR count). The highest BCUT2D eigenvalue weighted by atomic mass is 32.2. The van der Waals surface area contributed by atoms with Crippen molar-refractivity contribution in [3.05, 3.63) is 0 Å². The van der Waals surface area contributed by atoms with Crippen LogP contribution < -0.4 is 0 Å². The summed E-state index contributed by atoms with van der Waals surface area (Å²) in [5.74, 6) is -1.11. The molecule has 0 aliphatic heterocycles. The van der Waals surface area contributed by atoms with Gasteiger partial charge in [0.1, 0.15) is 9.84 Å². The van der Waals surface area contributed by atoms with Crippen molar-refractivity contribution >= 4 is 15.8 Å². The minimum Gasteiger partial charge on any atom is -0.481 e. The van der Waals surface area contributed by atoms with Crippen LogP contribution in [0.5, 0.6) is 0 Å². The van der Waals surface area contributed by atoms with Crippen LogP contribution in [0.2, 0.25) is 0 Å². The van der Waals surface area contributed by atoms with Gasteiger partial charge in [-0.2, -0.15) is 0 Å². The van der Waals surface area contributed by atoms with Crippen LogP contribution in [0.25, 0.3) is 0 Å². The van der Waals surface area contributed by atoms with Gasteiger partial charge in [0.25, 0.3) is 0 Å². The topological polar surface area (TPSA) is 91.7 Å². The lowest BCUT2D eigenvalue weighted by Crippen LogP contribution is -2.33. The number of rotatable bonds is 3. The summed E-state index contributed by atoms with van der Waals surface area (Å²) < 4.78 is 22.4. The number of carboxylic acid groups (broad SMARTS) is 1. The molecule has 0 unspecified atom stereocenters. The first-order chi connectivity index (χ1) is 6.32. The van der Waals surface area contributed by atoms with Gasteiger partial charge in [0.2, 0.25) is 0 Å². The summed E-state index contributed by atoms with van der Waals surface area (Å²) in [4.78, 5) is 10.9. The SMILES string of the molecule is CS(=O)(=O)[C@@H]1CC[C@](CO)(C(=O)O)C1. The van der Waals surface area contributed by atoms with E-state index in [4.69, 9.17) is 10.2 Å². The maximum atomic E-state index is 11.2. The Bertz CT molecular complexity index is 334. The zero-order valence-corrected chi connectivity index (χ0v) is 8.75. The van der Waals surface area contributed by atoms with Crippen LogP contribution in [0, 0.1) is 5.41 Å². The molecule has 0 saturated heterocycles. The van der Waals surface area contributed by atoms with Crippen molar-refractivity contribution in [2.45, 2.75) is 24.5 Å². The summed E-state index contributed by atoms with van der Waals surface area (Å²) in [5, 5.41) is 17.3. The molecule has 1 fully saturated rings. The minimum atomic E-state index is -3.19. The van der Waals surface area contributed by atoms with E-state index in [1.54, 1.807) is 0 Å². The molecular weight excluding hydrogens is 208 g/mol. The highest BCUT2D eigenvalue weighted by Crippen LogP contribution is 2.40. The van der Waals surface area contributed by atoms with Crippen LogP contribution in [-0.4, -0.2) is 42.7 Å². The second-order valence-electron chi connectivity index (χ2n) is 3.94. The molecule has 82 valence electrons. The molecule has 6 heteroatoms. The van der Waals surface area contributed by atoms with Crippen molar-refractivity contribution in [2.75, 3.05) is 12.9 Å². The normalized spacial score (nSPS) is 33.1. The highest BCUT2D eigenvalue weighted by Gasteiger charge is 2.47. The maximum Gasteiger partial charge on any atom is 0.312 e. The van der Waals surface area contributed by atoms with E-state index in [1.165, 1.54) is 0 Å². The fourth-order valence-corrected chi connectivity index (χ4v) is 3.02. The molecular formula is C8H14O5S. The van der Waals surface area contributed by atoms with Crippen LogP contribution in [0.3, 0.4) is 0 Å². The Kier molecular flexibility index (Phi) is 2.87. The summed E-state index contributed by atoms with van der Waals surface area (Å²) in [6.07, 6.45) is 1.69. The van der Waals surface area contributed by atoms with Gasteiger partial charge in [0.15, 0.2) is 0 Å². The summed E-state index contributed by atoms with van der Waals surface area (Å²) in [5.41, 5.74) is -1.24. The molecule has 0 aromatic carbocycles. The van der Waals surface area contributed by atoms with Crippen LogP contribution >= 0.6 is 0 Å². The van der Waals surface area contributed by atoms with Gasteiger partial charge in [-0.1, -0.05) is 0 Å². The van der Waals surface area contributed by atoms with Crippen molar-refractivity contribution in [3.8, 4) is 0 Å². The quantitative estimate of drug-likeness (QED) is 0.680. The van der Waals surface area contributed by atoms with Crippen LogP contribution in [0.1, 0.15) is 19.3 Å². The van der Waals surface area contributed by atoms with Gasteiger partial charge in [0, 0.05) is 6.26 Å². The highest BCUT2D eigenvalue weighted by molar-refractivity contribution is 7.91. The van der Waals surface area contributed by atoms with Crippen molar-refractivity contribution in [2.24, 2.45) is 5.41 Å². The first-order valence-electron chi connectivity index (χ1n) is 4.35. The average Bonchev–Trinajstić information content (AvgIpc) is 2.47. The second kappa shape index (κ2) is 3.51. The zero-order chi connectivity index (χ0) is 11.0. The molecule has 0 aromatic heterocycles. The van der Waals surface area contributed by atoms with E-state index >= 15 is 0 Å². The third-order valence-electron chi connectivity index (χ3n) is 2.93. The number of hydrogen-bond donors (Lipinski definition) is 2. The summed E-state index contributed by atoms with van der Waals surface area (Å²) in [7, 11) is -3.19. The number of aliphatic hydroxyl groups excluding tert-OH is 1. The minimum absolute atomic E-state index is 0.0255. The Labute approximate surface area is 82.7 Å². The van der Waals surface area contributed by atoms with E-state index in [9.17, 15) is 13.2 Å². The number of aliphatic hydroxyl groups is 1. The van der Waals surface area contributed by atoms with Crippen molar-refractivity contribution in [1.82, 2.24) is 0 Å². The maximum absolute atomic E-state index is 11.2. The molecule has 2 atom stereocenters. The Hall–Kier alpha value is -0.620. The smallest absolute Gasteiger partial charge is 0.312 e. The van der Waals surface area contributed by atoms with Gasteiger partial charge in [-0.25, -0.2) is 8.42 Å². The summed E-state index contributed by atoms with van der Waals surface area (Å²) >= 11 is 0. The Morgan fingerprint density at radius 2 is 2.14 bits per heavy atom. The van der Waals surface area contributed by atoms with Gasteiger partial charge in [-0.15, -0.1) is 0 Å². The Morgan fingerprint density at radius 1 is 1.57 bits per heavy atom. The molecule has 0 amide bonds. The molecule has 0 bridgehead atoms. The fourth-order valence-electron chi connectivity index (χ4n) is 1.85. The van der Waals surface area contributed by atoms with Crippen molar-refractivity contribution in [1.29, 1.82) is 0 Å². The fraction of sp³-hybridized carbons (Fsp3) is 0.875. The van der Waals surface area contributed by atoms with Gasteiger partial charge in [-0.05, 0) is 19.3 Å². The molecule has 1 aliphatic carbocycles. The van der Waals surface area contributed by atoms with E-state index in [2.05, 4.69) is 0 Å². The standard InChI is InChI=1S/C8H14O5S/c1-14(12,13)6-2-3-8(4-6,5-9)7(10)11/h6,9H,2-5H2,1H3,(H,10,11)/t6-,8+/m1/s1. The van der Waals surface area contributed by atoms with E-state index in [1.807, 2.05) is 0 Å². The summed E-state index contributed by atoms with van der Waals surface area (Å²) in [6, 6.07) is 0.